The topological polar surface area (TPSA) is 29.3 Å². The zero-order chi connectivity index (χ0) is 13.3. The minimum absolute atomic E-state index is 0.122. The zero-order valence-corrected chi connectivity index (χ0v) is 11.9. The van der Waals surface area contributed by atoms with E-state index in [1.165, 1.54) is 4.88 Å². The average Bonchev–Trinajstić information content (AvgIpc) is 3.07. The van der Waals surface area contributed by atoms with Crippen molar-refractivity contribution in [3.63, 3.8) is 0 Å². The maximum atomic E-state index is 4.30. The fraction of sp³-hybridized carbons (Fsp3) is 0.267. The molecule has 0 spiro atoms. The zero-order valence-electron chi connectivity index (χ0n) is 11.1. The maximum Gasteiger partial charge on any atom is 0.138 e. The SMILES string of the molecule is CC(C)(CNc1cccc2nccn12)c1cccs1. The van der Waals surface area contributed by atoms with Gasteiger partial charge in [-0.2, -0.15) is 0 Å². The molecule has 0 saturated heterocycles. The van der Waals surface area contributed by atoms with Crippen LogP contribution >= 0.6 is 11.3 Å². The van der Waals surface area contributed by atoms with Crippen molar-refractivity contribution in [1.82, 2.24) is 9.38 Å². The van der Waals surface area contributed by atoms with Crippen LogP contribution in [0.2, 0.25) is 0 Å². The summed E-state index contributed by atoms with van der Waals surface area (Å²) in [5, 5.41) is 5.66. The van der Waals surface area contributed by atoms with E-state index in [1.807, 2.05) is 35.9 Å². The number of anilines is 1. The fourth-order valence-corrected chi connectivity index (χ4v) is 3.01. The van der Waals surface area contributed by atoms with Gasteiger partial charge in [0.15, 0.2) is 0 Å². The lowest BCUT2D eigenvalue weighted by molar-refractivity contribution is 0.568. The van der Waals surface area contributed by atoms with Gasteiger partial charge in [0.25, 0.3) is 0 Å². The molecule has 0 bridgehead atoms. The van der Waals surface area contributed by atoms with Crippen LogP contribution in [0.4, 0.5) is 5.82 Å². The fourth-order valence-electron chi connectivity index (χ4n) is 2.15. The van der Waals surface area contributed by atoms with E-state index in [0.29, 0.717) is 0 Å². The molecule has 4 heteroatoms. The summed E-state index contributed by atoms with van der Waals surface area (Å²) in [5.74, 6) is 1.08. The van der Waals surface area contributed by atoms with E-state index in [2.05, 4.69) is 52.1 Å². The van der Waals surface area contributed by atoms with E-state index in [4.69, 9.17) is 0 Å². The molecule has 0 unspecified atom stereocenters. The van der Waals surface area contributed by atoms with Crippen LogP contribution in [0.15, 0.2) is 48.1 Å². The monoisotopic (exact) mass is 271 g/mol. The number of nitrogens with zero attached hydrogens (tertiary/aromatic N) is 2. The van der Waals surface area contributed by atoms with Crippen LogP contribution in [-0.2, 0) is 5.41 Å². The van der Waals surface area contributed by atoms with Crippen LogP contribution in [0.1, 0.15) is 18.7 Å². The number of nitrogens with one attached hydrogen (secondary N) is 1. The molecule has 0 aliphatic heterocycles. The molecule has 3 nitrogen and oxygen atoms in total. The Morgan fingerprint density at radius 3 is 2.95 bits per heavy atom. The lowest BCUT2D eigenvalue weighted by Gasteiger charge is -2.24. The Labute approximate surface area is 116 Å². The predicted molar refractivity (Wildman–Crippen MR) is 81.0 cm³/mol. The van der Waals surface area contributed by atoms with Crippen LogP contribution in [-0.4, -0.2) is 15.9 Å². The van der Waals surface area contributed by atoms with Crippen molar-refractivity contribution in [3.05, 3.63) is 53.0 Å². The third kappa shape index (κ3) is 2.36. The van der Waals surface area contributed by atoms with Crippen LogP contribution in [0.5, 0.6) is 0 Å². The van der Waals surface area contributed by atoms with Crippen molar-refractivity contribution in [2.24, 2.45) is 0 Å². The van der Waals surface area contributed by atoms with E-state index in [1.54, 1.807) is 0 Å². The molecular weight excluding hydrogens is 254 g/mol. The van der Waals surface area contributed by atoms with Gasteiger partial charge >= 0.3 is 0 Å². The smallest absolute Gasteiger partial charge is 0.138 e. The number of pyridine rings is 1. The Kier molecular flexibility index (Phi) is 3.03. The van der Waals surface area contributed by atoms with E-state index >= 15 is 0 Å². The second kappa shape index (κ2) is 4.70. The van der Waals surface area contributed by atoms with Crippen molar-refractivity contribution in [2.45, 2.75) is 19.3 Å². The summed E-state index contributed by atoms with van der Waals surface area (Å²) < 4.78 is 2.07. The maximum absolute atomic E-state index is 4.30. The normalized spacial score (nSPS) is 11.9. The summed E-state index contributed by atoms with van der Waals surface area (Å²) in [7, 11) is 0. The van der Waals surface area contributed by atoms with E-state index in [-0.39, 0.29) is 5.41 Å². The average molecular weight is 271 g/mol. The molecule has 0 radical (unpaired) electrons. The van der Waals surface area contributed by atoms with Crippen molar-refractivity contribution in [3.8, 4) is 0 Å². The van der Waals surface area contributed by atoms with Gasteiger partial charge in [0.05, 0.1) is 0 Å². The first-order chi connectivity index (χ1) is 9.17. The summed E-state index contributed by atoms with van der Waals surface area (Å²) in [4.78, 5) is 5.70. The molecule has 0 fully saturated rings. The molecule has 0 saturated carbocycles. The molecular formula is C15H17N3S. The molecule has 0 aliphatic rings. The van der Waals surface area contributed by atoms with Gasteiger partial charge in [0.2, 0.25) is 0 Å². The Hall–Kier alpha value is -1.81. The highest BCUT2D eigenvalue weighted by Crippen LogP contribution is 2.27. The molecule has 0 atom stereocenters. The van der Waals surface area contributed by atoms with Gasteiger partial charge in [-0.3, -0.25) is 4.40 Å². The minimum Gasteiger partial charge on any atom is -0.370 e. The van der Waals surface area contributed by atoms with Gasteiger partial charge in [-0.05, 0) is 23.6 Å². The molecule has 3 rings (SSSR count). The largest absolute Gasteiger partial charge is 0.370 e. The van der Waals surface area contributed by atoms with Gasteiger partial charge in [0, 0.05) is 29.2 Å². The van der Waals surface area contributed by atoms with Gasteiger partial charge in [0.1, 0.15) is 11.5 Å². The first kappa shape index (κ1) is 12.2. The highest BCUT2D eigenvalue weighted by atomic mass is 32.1. The second-order valence-corrected chi connectivity index (χ2v) is 6.23. The second-order valence-electron chi connectivity index (χ2n) is 5.28. The highest BCUT2D eigenvalue weighted by molar-refractivity contribution is 7.10. The standard InChI is InChI=1S/C15H17N3S/c1-15(2,12-5-4-10-19-12)11-17-14-7-3-6-13-16-8-9-18(13)14/h3-10,17H,11H2,1-2H3. The highest BCUT2D eigenvalue weighted by Gasteiger charge is 2.21. The van der Waals surface area contributed by atoms with Crippen molar-refractivity contribution in [1.29, 1.82) is 0 Å². The van der Waals surface area contributed by atoms with Gasteiger partial charge in [-0.25, -0.2) is 4.98 Å². The van der Waals surface area contributed by atoms with Crippen LogP contribution in [0.25, 0.3) is 5.65 Å². The number of rotatable bonds is 4. The lowest BCUT2D eigenvalue weighted by atomic mass is 9.91. The molecule has 0 aromatic carbocycles. The van der Waals surface area contributed by atoms with E-state index < -0.39 is 0 Å². The number of hydrogen-bond donors (Lipinski definition) is 1. The van der Waals surface area contributed by atoms with Crippen LogP contribution in [0.3, 0.4) is 0 Å². The van der Waals surface area contributed by atoms with E-state index in [0.717, 1.165) is 18.0 Å². The molecule has 0 amide bonds. The van der Waals surface area contributed by atoms with Crippen molar-refractivity contribution >= 4 is 22.8 Å². The number of thiophene rings is 1. The Morgan fingerprint density at radius 1 is 1.26 bits per heavy atom. The molecule has 98 valence electrons. The molecule has 1 N–H and O–H groups in total. The first-order valence-electron chi connectivity index (χ1n) is 6.37. The van der Waals surface area contributed by atoms with Crippen LogP contribution in [0, 0.1) is 0 Å². The summed E-state index contributed by atoms with van der Waals surface area (Å²) in [5.41, 5.74) is 1.09. The predicted octanol–water partition coefficient (Wildman–Crippen LogP) is 3.79. The van der Waals surface area contributed by atoms with Gasteiger partial charge in [-0.1, -0.05) is 26.0 Å². The Balaban J connectivity index is 1.81. The van der Waals surface area contributed by atoms with Crippen molar-refractivity contribution in [2.75, 3.05) is 11.9 Å². The minimum atomic E-state index is 0.122. The van der Waals surface area contributed by atoms with Crippen LogP contribution < -0.4 is 5.32 Å². The Bertz CT molecular complexity index is 668. The molecule has 19 heavy (non-hydrogen) atoms. The van der Waals surface area contributed by atoms with Gasteiger partial charge in [-0.15, -0.1) is 11.3 Å². The third-order valence-corrected chi connectivity index (χ3v) is 4.56. The summed E-state index contributed by atoms with van der Waals surface area (Å²) in [6, 6.07) is 10.4. The van der Waals surface area contributed by atoms with E-state index in [9.17, 15) is 0 Å². The lowest BCUT2D eigenvalue weighted by Crippen LogP contribution is -2.27. The molecule has 3 heterocycles. The Morgan fingerprint density at radius 2 is 2.16 bits per heavy atom. The summed E-state index contributed by atoms with van der Waals surface area (Å²) >= 11 is 1.81. The van der Waals surface area contributed by atoms with Gasteiger partial charge < -0.3 is 5.32 Å². The first-order valence-corrected chi connectivity index (χ1v) is 7.25. The molecule has 3 aromatic rings. The quantitative estimate of drug-likeness (QED) is 0.782. The number of hydrogen-bond acceptors (Lipinski definition) is 3. The number of aromatic nitrogens is 2. The number of fused-ring (bicyclic) bond motifs is 1. The molecule has 0 aliphatic carbocycles. The number of imidazole rings is 1. The van der Waals surface area contributed by atoms with Crippen molar-refractivity contribution < 1.29 is 0 Å². The summed E-state index contributed by atoms with van der Waals surface area (Å²) in [6.45, 7) is 5.42. The third-order valence-electron chi connectivity index (χ3n) is 3.33. The molecule has 3 aromatic heterocycles. The summed E-state index contributed by atoms with van der Waals surface area (Å²) in [6.07, 6.45) is 3.81.